The van der Waals surface area contributed by atoms with Gasteiger partial charge < -0.3 is 9.80 Å². The predicted molar refractivity (Wildman–Crippen MR) is 93.7 cm³/mol. The maximum absolute atomic E-state index is 12.7. The fraction of sp³-hybridized carbons (Fsp3) is 0.643. The van der Waals surface area contributed by atoms with E-state index >= 15 is 0 Å². The number of hydrogen-bond acceptors (Lipinski definition) is 5. The average molecular weight is 404 g/mol. The van der Waals surface area contributed by atoms with Crippen LogP contribution in [-0.4, -0.2) is 86.3 Å². The molecule has 0 unspecified atom stereocenters. The third kappa shape index (κ3) is 3.85. The van der Waals surface area contributed by atoms with Crippen molar-refractivity contribution < 1.29 is 8.42 Å². The summed E-state index contributed by atoms with van der Waals surface area (Å²) in [7, 11) is -1.31. The van der Waals surface area contributed by atoms with Gasteiger partial charge in [-0.1, -0.05) is 0 Å². The second-order valence-electron chi connectivity index (χ2n) is 5.93. The van der Waals surface area contributed by atoms with Crippen molar-refractivity contribution in [1.29, 1.82) is 0 Å². The smallest absolute Gasteiger partial charge is 0.282 e. The molecule has 1 aromatic heterocycles. The number of hydrogen-bond donors (Lipinski definition) is 0. The molecule has 2 saturated heterocycles. The van der Waals surface area contributed by atoms with E-state index in [4.69, 9.17) is 0 Å². The molecule has 3 heterocycles. The van der Waals surface area contributed by atoms with Crippen molar-refractivity contribution in [2.45, 2.75) is 0 Å². The molecular weight excluding hydrogens is 382 g/mol. The summed E-state index contributed by atoms with van der Waals surface area (Å²) in [4.78, 5) is 8.67. The number of halogens is 1. The summed E-state index contributed by atoms with van der Waals surface area (Å²) >= 11 is 3.38. The number of anilines is 1. The SMILES string of the molecule is CN1CCN(S(=O)(=O)N2CCN(c3ccc(Br)cn3)CC2)CC1. The van der Waals surface area contributed by atoms with Gasteiger partial charge in [0.1, 0.15) is 5.82 Å². The molecule has 3 rings (SSSR count). The minimum absolute atomic E-state index is 0.506. The largest absolute Gasteiger partial charge is 0.354 e. The van der Waals surface area contributed by atoms with Gasteiger partial charge in [0, 0.05) is 63.0 Å². The van der Waals surface area contributed by atoms with E-state index in [0.29, 0.717) is 39.3 Å². The van der Waals surface area contributed by atoms with E-state index in [1.807, 2.05) is 19.2 Å². The summed E-state index contributed by atoms with van der Waals surface area (Å²) in [6.45, 7) is 5.09. The predicted octanol–water partition coefficient (Wildman–Crippen LogP) is 0.458. The Kier molecular flexibility index (Phi) is 5.22. The van der Waals surface area contributed by atoms with Gasteiger partial charge in [-0.3, -0.25) is 0 Å². The summed E-state index contributed by atoms with van der Waals surface area (Å²) < 4.78 is 29.6. The number of piperazine rings is 2. The van der Waals surface area contributed by atoms with Crippen LogP contribution in [0.15, 0.2) is 22.8 Å². The molecule has 7 nitrogen and oxygen atoms in total. The summed E-state index contributed by atoms with van der Waals surface area (Å²) in [6, 6.07) is 3.91. The maximum atomic E-state index is 12.7. The summed E-state index contributed by atoms with van der Waals surface area (Å²) in [5, 5.41) is 0. The molecule has 0 bridgehead atoms. The molecule has 128 valence electrons. The van der Waals surface area contributed by atoms with E-state index < -0.39 is 10.2 Å². The topological polar surface area (TPSA) is 60.0 Å². The number of pyridine rings is 1. The zero-order valence-corrected chi connectivity index (χ0v) is 15.6. The van der Waals surface area contributed by atoms with Crippen molar-refractivity contribution in [1.82, 2.24) is 18.5 Å². The van der Waals surface area contributed by atoms with Crippen LogP contribution in [0.25, 0.3) is 0 Å². The fourth-order valence-corrected chi connectivity index (χ4v) is 4.70. The Bertz CT molecular complexity index is 623. The molecule has 9 heteroatoms. The molecule has 0 N–H and O–H groups in total. The van der Waals surface area contributed by atoms with Gasteiger partial charge in [-0.15, -0.1) is 0 Å². The zero-order valence-electron chi connectivity index (χ0n) is 13.2. The first kappa shape index (κ1) is 17.1. The molecule has 0 saturated carbocycles. The second-order valence-corrected chi connectivity index (χ2v) is 8.77. The molecule has 2 aliphatic heterocycles. The van der Waals surface area contributed by atoms with Crippen molar-refractivity contribution >= 4 is 32.0 Å². The molecule has 0 amide bonds. The van der Waals surface area contributed by atoms with E-state index in [-0.39, 0.29) is 0 Å². The number of likely N-dealkylation sites (N-methyl/N-ethyl adjacent to an activating group) is 1. The summed E-state index contributed by atoms with van der Waals surface area (Å²) in [5.74, 6) is 0.893. The molecule has 0 aromatic carbocycles. The van der Waals surface area contributed by atoms with E-state index in [0.717, 1.165) is 23.4 Å². The monoisotopic (exact) mass is 403 g/mol. The van der Waals surface area contributed by atoms with Crippen LogP contribution in [0, 0.1) is 0 Å². The van der Waals surface area contributed by atoms with Crippen LogP contribution in [0.5, 0.6) is 0 Å². The first-order chi connectivity index (χ1) is 11.0. The van der Waals surface area contributed by atoms with Crippen molar-refractivity contribution in [3.8, 4) is 0 Å². The molecule has 0 spiro atoms. The van der Waals surface area contributed by atoms with Crippen LogP contribution in [0.3, 0.4) is 0 Å². The average Bonchev–Trinajstić information content (AvgIpc) is 2.56. The number of nitrogens with zero attached hydrogens (tertiary/aromatic N) is 5. The molecular formula is C14H22BrN5O2S. The van der Waals surface area contributed by atoms with Crippen molar-refractivity contribution in [3.05, 3.63) is 22.8 Å². The van der Waals surface area contributed by atoms with E-state index in [2.05, 4.69) is 30.7 Å². The molecule has 0 aliphatic carbocycles. The lowest BCUT2D eigenvalue weighted by Crippen LogP contribution is -2.56. The van der Waals surface area contributed by atoms with Crippen LogP contribution >= 0.6 is 15.9 Å². The van der Waals surface area contributed by atoms with Crippen molar-refractivity contribution in [2.75, 3.05) is 64.3 Å². The molecule has 1 aromatic rings. The Labute approximate surface area is 146 Å². The van der Waals surface area contributed by atoms with Crippen molar-refractivity contribution in [2.24, 2.45) is 0 Å². The third-order valence-electron chi connectivity index (χ3n) is 4.39. The van der Waals surface area contributed by atoms with Gasteiger partial charge in [0.2, 0.25) is 0 Å². The van der Waals surface area contributed by atoms with Crippen LogP contribution < -0.4 is 4.90 Å². The van der Waals surface area contributed by atoms with Gasteiger partial charge >= 0.3 is 0 Å². The van der Waals surface area contributed by atoms with Gasteiger partial charge in [-0.05, 0) is 35.1 Å². The van der Waals surface area contributed by atoms with Gasteiger partial charge in [0.15, 0.2) is 0 Å². The molecule has 23 heavy (non-hydrogen) atoms. The first-order valence-electron chi connectivity index (χ1n) is 7.77. The van der Waals surface area contributed by atoms with Crippen LogP contribution in [0.4, 0.5) is 5.82 Å². The summed E-state index contributed by atoms with van der Waals surface area (Å²) in [5.41, 5.74) is 0. The van der Waals surface area contributed by atoms with Crippen LogP contribution in [0.2, 0.25) is 0 Å². The Morgan fingerprint density at radius 3 is 2.04 bits per heavy atom. The van der Waals surface area contributed by atoms with Crippen molar-refractivity contribution in [3.63, 3.8) is 0 Å². The lowest BCUT2D eigenvalue weighted by molar-refractivity contribution is 0.210. The van der Waals surface area contributed by atoms with Gasteiger partial charge in [0.05, 0.1) is 0 Å². The first-order valence-corrected chi connectivity index (χ1v) is 9.96. The molecule has 2 aliphatic rings. The number of aromatic nitrogens is 1. The van der Waals surface area contributed by atoms with Gasteiger partial charge in [-0.25, -0.2) is 4.98 Å². The normalized spacial score (nSPS) is 22.4. The van der Waals surface area contributed by atoms with Crippen LogP contribution in [-0.2, 0) is 10.2 Å². The van der Waals surface area contributed by atoms with E-state index in [1.165, 1.54) is 0 Å². The third-order valence-corrected chi connectivity index (χ3v) is 6.89. The Hall–Kier alpha value is -0.740. The lowest BCUT2D eigenvalue weighted by Gasteiger charge is -2.39. The molecule has 2 fully saturated rings. The Morgan fingerprint density at radius 1 is 0.957 bits per heavy atom. The lowest BCUT2D eigenvalue weighted by atomic mass is 10.3. The minimum atomic E-state index is -3.34. The molecule has 0 atom stereocenters. The second kappa shape index (κ2) is 7.02. The zero-order chi connectivity index (χ0) is 16.4. The highest BCUT2D eigenvalue weighted by atomic mass is 79.9. The highest BCUT2D eigenvalue weighted by molar-refractivity contribution is 9.10. The van der Waals surface area contributed by atoms with Gasteiger partial charge in [0.25, 0.3) is 10.2 Å². The quantitative estimate of drug-likeness (QED) is 0.733. The highest BCUT2D eigenvalue weighted by Crippen LogP contribution is 2.19. The van der Waals surface area contributed by atoms with Crippen LogP contribution in [0.1, 0.15) is 0 Å². The van der Waals surface area contributed by atoms with Gasteiger partial charge in [-0.2, -0.15) is 17.0 Å². The van der Waals surface area contributed by atoms with E-state index in [9.17, 15) is 8.42 Å². The standard InChI is InChI=1S/C14H22BrN5O2S/c1-17-4-8-19(9-5-17)23(21,22)20-10-6-18(7-11-20)14-3-2-13(15)12-16-14/h2-3,12H,4-11H2,1H3. The fourth-order valence-electron chi connectivity index (χ4n) is 2.89. The Morgan fingerprint density at radius 2 is 1.52 bits per heavy atom. The highest BCUT2D eigenvalue weighted by Gasteiger charge is 2.33. The minimum Gasteiger partial charge on any atom is -0.354 e. The number of rotatable bonds is 3. The Balaban J connectivity index is 1.60. The maximum Gasteiger partial charge on any atom is 0.282 e. The summed E-state index contributed by atoms with van der Waals surface area (Å²) in [6.07, 6.45) is 1.77. The van der Waals surface area contributed by atoms with E-state index in [1.54, 1.807) is 14.8 Å². The molecule has 0 radical (unpaired) electrons.